The van der Waals surface area contributed by atoms with Crippen LogP contribution in [0.2, 0.25) is 5.02 Å². The summed E-state index contributed by atoms with van der Waals surface area (Å²) in [6.07, 6.45) is 2.27. The molecule has 0 atom stereocenters. The Balaban J connectivity index is 2.42. The molecule has 4 nitrogen and oxygen atoms in total. The van der Waals surface area contributed by atoms with E-state index in [1.165, 1.54) is 0 Å². The van der Waals surface area contributed by atoms with Crippen LogP contribution < -0.4 is 11.1 Å². The van der Waals surface area contributed by atoms with Crippen molar-refractivity contribution < 1.29 is 14.0 Å². The van der Waals surface area contributed by atoms with Crippen molar-refractivity contribution in [1.82, 2.24) is 0 Å². The van der Waals surface area contributed by atoms with Crippen molar-refractivity contribution >= 4 is 23.1 Å². The van der Waals surface area contributed by atoms with Crippen molar-refractivity contribution in [1.29, 1.82) is 0 Å². The maximum absolute atomic E-state index is 13.5. The zero-order chi connectivity index (χ0) is 16.0. The predicted octanol–water partition coefficient (Wildman–Crippen LogP) is 3.97. The fraction of sp³-hybridized carbons (Fsp3) is 0.500. The molecule has 0 bridgehead atoms. The molecule has 0 spiro atoms. The summed E-state index contributed by atoms with van der Waals surface area (Å²) in [5.41, 5.74) is 5.30. The summed E-state index contributed by atoms with van der Waals surface area (Å²) in [5.74, 6) is -1.23. The second-order valence-electron chi connectivity index (χ2n) is 5.50. The van der Waals surface area contributed by atoms with Crippen molar-refractivity contribution in [2.75, 3.05) is 11.9 Å². The van der Waals surface area contributed by atoms with Crippen molar-refractivity contribution in [2.24, 2.45) is 16.3 Å². The Bertz CT molecular complexity index is 498. The van der Waals surface area contributed by atoms with Gasteiger partial charge in [-0.05, 0) is 18.9 Å². The Kier molecular flexibility index (Phi) is 6.20. The summed E-state index contributed by atoms with van der Waals surface area (Å²) in [5, 5.41) is 14.6. The molecule has 0 unspecified atom stereocenters. The van der Waals surface area contributed by atoms with Gasteiger partial charge in [-0.3, -0.25) is 0 Å². The highest BCUT2D eigenvalue weighted by Crippen LogP contribution is 2.27. The molecule has 0 aliphatic heterocycles. The van der Waals surface area contributed by atoms with E-state index in [2.05, 4.69) is 10.5 Å². The molecule has 0 saturated heterocycles. The van der Waals surface area contributed by atoms with Crippen molar-refractivity contribution in [3.8, 4) is 0 Å². The average Bonchev–Trinajstić information content (AvgIpc) is 2.39. The molecule has 1 aromatic rings. The third-order valence-electron chi connectivity index (χ3n) is 3.34. The topological polar surface area (TPSA) is 70.6 Å². The maximum atomic E-state index is 13.5. The van der Waals surface area contributed by atoms with Crippen molar-refractivity contribution in [3.05, 3.63) is 28.8 Å². The van der Waals surface area contributed by atoms with Crippen LogP contribution in [-0.4, -0.2) is 17.6 Å². The summed E-state index contributed by atoms with van der Waals surface area (Å²) in [6, 6.07) is 1.85. The van der Waals surface area contributed by atoms with Gasteiger partial charge in [0.05, 0.1) is 10.7 Å². The van der Waals surface area contributed by atoms with Crippen LogP contribution in [-0.2, 0) is 0 Å². The van der Waals surface area contributed by atoms with E-state index in [1.807, 2.05) is 13.8 Å². The number of nitrogens with zero attached hydrogens (tertiary/aromatic N) is 1. The molecule has 0 amide bonds. The number of hydrogen-bond donors (Lipinski definition) is 3. The minimum Gasteiger partial charge on any atom is -0.409 e. The van der Waals surface area contributed by atoms with Crippen LogP contribution in [0.4, 0.5) is 14.5 Å². The number of rotatable bonds is 7. The SMILES string of the molecule is CC(C)(CCCCNc1c(F)cc(F)cc1Cl)C(N)=NO. The molecule has 0 saturated carbocycles. The van der Waals surface area contributed by atoms with Crippen molar-refractivity contribution in [2.45, 2.75) is 33.1 Å². The zero-order valence-corrected chi connectivity index (χ0v) is 12.8. The molecule has 0 aliphatic carbocycles. The minimum absolute atomic E-state index is 0.0180. The smallest absolute Gasteiger partial charge is 0.150 e. The number of unbranched alkanes of at least 4 members (excludes halogenated alkanes) is 1. The molecule has 0 heterocycles. The fourth-order valence-electron chi connectivity index (χ4n) is 1.88. The maximum Gasteiger partial charge on any atom is 0.150 e. The van der Waals surface area contributed by atoms with Crippen LogP contribution in [0.5, 0.6) is 0 Å². The Morgan fingerprint density at radius 1 is 1.38 bits per heavy atom. The molecule has 0 aromatic heterocycles. The van der Waals surface area contributed by atoms with Crippen LogP contribution in [0.3, 0.4) is 0 Å². The molecule has 1 rings (SSSR count). The first-order valence-electron chi connectivity index (χ1n) is 6.64. The number of benzene rings is 1. The van der Waals surface area contributed by atoms with Crippen LogP contribution in [0, 0.1) is 17.0 Å². The molecule has 1 aromatic carbocycles. The highest BCUT2D eigenvalue weighted by Gasteiger charge is 2.22. The summed E-state index contributed by atoms with van der Waals surface area (Å²) in [4.78, 5) is 0. The van der Waals surface area contributed by atoms with Crippen LogP contribution in [0.15, 0.2) is 17.3 Å². The van der Waals surface area contributed by atoms with Gasteiger partial charge in [-0.1, -0.05) is 37.0 Å². The Labute approximate surface area is 128 Å². The van der Waals surface area contributed by atoms with Gasteiger partial charge in [-0.15, -0.1) is 0 Å². The number of amidine groups is 1. The molecule has 0 fully saturated rings. The quantitative estimate of drug-likeness (QED) is 0.234. The number of nitrogens with one attached hydrogen (secondary N) is 1. The Morgan fingerprint density at radius 3 is 2.62 bits per heavy atom. The van der Waals surface area contributed by atoms with E-state index >= 15 is 0 Å². The van der Waals surface area contributed by atoms with Gasteiger partial charge in [-0.2, -0.15) is 0 Å². The van der Waals surface area contributed by atoms with E-state index in [0.29, 0.717) is 6.54 Å². The summed E-state index contributed by atoms with van der Waals surface area (Å²) in [6.45, 7) is 4.26. The average molecular weight is 320 g/mol. The highest BCUT2D eigenvalue weighted by atomic mass is 35.5. The lowest BCUT2D eigenvalue weighted by molar-refractivity contribution is 0.304. The monoisotopic (exact) mass is 319 g/mol. The van der Waals surface area contributed by atoms with Crippen LogP contribution in [0.25, 0.3) is 0 Å². The first-order chi connectivity index (χ1) is 9.77. The largest absolute Gasteiger partial charge is 0.409 e. The van der Waals surface area contributed by atoms with Gasteiger partial charge in [0.2, 0.25) is 0 Å². The molecule has 118 valence electrons. The van der Waals surface area contributed by atoms with Crippen molar-refractivity contribution in [3.63, 3.8) is 0 Å². The highest BCUT2D eigenvalue weighted by molar-refractivity contribution is 6.33. The number of halogens is 3. The fourth-order valence-corrected chi connectivity index (χ4v) is 2.14. The molecule has 0 aliphatic rings. The number of hydrogen-bond acceptors (Lipinski definition) is 3. The lowest BCUT2D eigenvalue weighted by atomic mass is 9.86. The molecular formula is C14H20ClF2N3O. The van der Waals surface area contributed by atoms with Crippen LogP contribution in [0.1, 0.15) is 33.1 Å². The van der Waals surface area contributed by atoms with Gasteiger partial charge in [0.1, 0.15) is 11.7 Å². The molecule has 7 heteroatoms. The molecular weight excluding hydrogens is 300 g/mol. The van der Waals surface area contributed by atoms with Gasteiger partial charge in [0, 0.05) is 18.0 Å². The van der Waals surface area contributed by atoms with E-state index < -0.39 is 17.0 Å². The summed E-state index contributed by atoms with van der Waals surface area (Å²) in [7, 11) is 0. The van der Waals surface area contributed by atoms with Crippen LogP contribution >= 0.6 is 11.6 Å². The zero-order valence-electron chi connectivity index (χ0n) is 12.1. The van der Waals surface area contributed by atoms with E-state index in [9.17, 15) is 8.78 Å². The number of nitrogens with two attached hydrogens (primary N) is 1. The predicted molar refractivity (Wildman–Crippen MR) is 80.9 cm³/mol. The lowest BCUT2D eigenvalue weighted by Crippen LogP contribution is -2.31. The first kappa shape index (κ1) is 17.5. The minimum atomic E-state index is -0.711. The summed E-state index contributed by atoms with van der Waals surface area (Å²) >= 11 is 5.78. The Hall–Kier alpha value is -1.56. The molecule has 4 N–H and O–H groups in total. The second-order valence-corrected chi connectivity index (χ2v) is 5.90. The van der Waals surface area contributed by atoms with Gasteiger partial charge in [0.25, 0.3) is 0 Å². The van der Waals surface area contributed by atoms with Gasteiger partial charge < -0.3 is 16.3 Å². The normalized spacial score (nSPS) is 12.5. The van der Waals surface area contributed by atoms with Gasteiger partial charge >= 0.3 is 0 Å². The standard InChI is InChI=1S/C14H20ClF2N3O/c1-14(2,13(18)20-21)5-3-4-6-19-12-10(15)7-9(16)8-11(12)17/h7-8,19,21H,3-6H2,1-2H3,(H2,18,20). The molecule has 0 radical (unpaired) electrons. The summed E-state index contributed by atoms with van der Waals surface area (Å²) < 4.78 is 26.4. The lowest BCUT2D eigenvalue weighted by Gasteiger charge is -2.22. The van der Waals surface area contributed by atoms with E-state index in [-0.39, 0.29) is 16.5 Å². The van der Waals surface area contributed by atoms with E-state index in [1.54, 1.807) is 0 Å². The number of anilines is 1. The van der Waals surface area contributed by atoms with Gasteiger partial charge in [-0.25, -0.2) is 8.78 Å². The third-order valence-corrected chi connectivity index (χ3v) is 3.64. The number of oxime groups is 1. The molecule has 21 heavy (non-hydrogen) atoms. The Morgan fingerprint density at radius 2 is 2.05 bits per heavy atom. The third kappa shape index (κ3) is 5.04. The van der Waals surface area contributed by atoms with E-state index in [4.69, 9.17) is 22.5 Å². The second kappa shape index (κ2) is 7.45. The van der Waals surface area contributed by atoms with E-state index in [0.717, 1.165) is 31.4 Å². The van der Waals surface area contributed by atoms with Gasteiger partial charge in [0.15, 0.2) is 5.82 Å². The first-order valence-corrected chi connectivity index (χ1v) is 7.02.